The standard InChI is InChI=1S/C20H26N4O4S/c1-13(15-5-6-17(27-4)16(11-15)12-26-3)22-23-19(25)18-14(2)21-20(29-18)24-7-9-28-10-8-24/h5-6,11H,7-10,12H2,1-4H3,(H,23,25)/b22-13-. The number of nitrogens with zero attached hydrogens (tertiary/aromatic N) is 3. The van der Waals surface area contributed by atoms with Gasteiger partial charge >= 0.3 is 0 Å². The van der Waals surface area contributed by atoms with Crippen LogP contribution in [0.2, 0.25) is 0 Å². The van der Waals surface area contributed by atoms with Crippen molar-refractivity contribution < 1.29 is 19.0 Å². The van der Waals surface area contributed by atoms with E-state index in [2.05, 4.69) is 20.4 Å². The highest BCUT2D eigenvalue weighted by Crippen LogP contribution is 2.26. The first-order valence-corrected chi connectivity index (χ1v) is 10.2. The molecule has 1 aromatic heterocycles. The van der Waals surface area contributed by atoms with E-state index in [9.17, 15) is 4.79 Å². The molecule has 0 bridgehead atoms. The number of thiazole rings is 1. The van der Waals surface area contributed by atoms with Crippen molar-refractivity contribution in [3.8, 4) is 5.75 Å². The van der Waals surface area contributed by atoms with Gasteiger partial charge in [0.25, 0.3) is 5.91 Å². The molecule has 1 aromatic carbocycles. The van der Waals surface area contributed by atoms with Crippen LogP contribution in [0.5, 0.6) is 5.75 Å². The number of methoxy groups -OCH3 is 2. The zero-order valence-electron chi connectivity index (χ0n) is 17.2. The third-order valence-corrected chi connectivity index (χ3v) is 5.81. The van der Waals surface area contributed by atoms with Crippen molar-refractivity contribution in [2.75, 3.05) is 45.4 Å². The highest BCUT2D eigenvalue weighted by atomic mass is 32.1. The predicted octanol–water partition coefficient (Wildman–Crippen LogP) is 2.60. The molecule has 1 aliphatic heterocycles. The summed E-state index contributed by atoms with van der Waals surface area (Å²) >= 11 is 1.38. The highest BCUT2D eigenvalue weighted by molar-refractivity contribution is 7.17. The van der Waals surface area contributed by atoms with Gasteiger partial charge in [-0.1, -0.05) is 11.3 Å². The Labute approximate surface area is 174 Å². The molecular formula is C20H26N4O4S. The lowest BCUT2D eigenvalue weighted by molar-refractivity contribution is 0.0958. The van der Waals surface area contributed by atoms with E-state index >= 15 is 0 Å². The van der Waals surface area contributed by atoms with Crippen molar-refractivity contribution in [3.63, 3.8) is 0 Å². The first-order chi connectivity index (χ1) is 14.0. The van der Waals surface area contributed by atoms with Gasteiger partial charge in [-0.05, 0) is 37.6 Å². The number of aryl methyl sites for hydroxylation is 1. The van der Waals surface area contributed by atoms with E-state index in [0.29, 0.717) is 36.1 Å². The summed E-state index contributed by atoms with van der Waals surface area (Å²) in [5.74, 6) is 0.493. The molecule has 0 radical (unpaired) electrons. The molecule has 9 heteroatoms. The summed E-state index contributed by atoms with van der Waals surface area (Å²) in [6.07, 6.45) is 0. The molecule has 1 N–H and O–H groups in total. The van der Waals surface area contributed by atoms with Crippen LogP contribution < -0.4 is 15.1 Å². The number of carbonyl (C=O) groups is 1. The molecular weight excluding hydrogens is 392 g/mol. The second-order valence-corrected chi connectivity index (χ2v) is 7.59. The van der Waals surface area contributed by atoms with Gasteiger partial charge in [0.1, 0.15) is 10.6 Å². The van der Waals surface area contributed by atoms with Crippen molar-refractivity contribution in [1.29, 1.82) is 0 Å². The fourth-order valence-electron chi connectivity index (χ4n) is 3.00. The van der Waals surface area contributed by atoms with Crippen LogP contribution in [0.3, 0.4) is 0 Å². The Morgan fingerprint density at radius 3 is 2.79 bits per heavy atom. The SMILES string of the molecule is COCc1cc(/C(C)=N\NC(=O)c2sc(N3CCOCC3)nc2C)ccc1OC. The number of hydrogen-bond donors (Lipinski definition) is 1. The Morgan fingerprint density at radius 2 is 2.10 bits per heavy atom. The molecule has 2 aromatic rings. The van der Waals surface area contributed by atoms with Crippen LogP contribution in [0.4, 0.5) is 5.13 Å². The van der Waals surface area contributed by atoms with E-state index in [1.165, 1.54) is 11.3 Å². The number of hydrazone groups is 1. The first-order valence-electron chi connectivity index (χ1n) is 9.34. The van der Waals surface area contributed by atoms with E-state index in [1.54, 1.807) is 14.2 Å². The molecule has 1 amide bonds. The number of anilines is 1. The maximum absolute atomic E-state index is 12.6. The number of benzene rings is 1. The van der Waals surface area contributed by atoms with Gasteiger partial charge in [0.2, 0.25) is 0 Å². The normalized spacial score (nSPS) is 14.8. The number of carbonyl (C=O) groups excluding carboxylic acids is 1. The quantitative estimate of drug-likeness (QED) is 0.550. The average molecular weight is 419 g/mol. The first kappa shape index (κ1) is 21.2. The fourth-order valence-corrected chi connectivity index (χ4v) is 4.01. The molecule has 1 fully saturated rings. The van der Waals surface area contributed by atoms with Crippen LogP contribution in [-0.4, -0.2) is 57.1 Å². The van der Waals surface area contributed by atoms with Crippen molar-refractivity contribution in [1.82, 2.24) is 10.4 Å². The van der Waals surface area contributed by atoms with E-state index in [0.717, 1.165) is 35.1 Å². The Kier molecular flexibility index (Phi) is 7.18. The Balaban J connectivity index is 1.71. The summed E-state index contributed by atoms with van der Waals surface area (Å²) in [4.78, 5) is 19.9. The number of amides is 1. The zero-order valence-corrected chi connectivity index (χ0v) is 18.0. The molecule has 0 aliphatic carbocycles. The van der Waals surface area contributed by atoms with Crippen molar-refractivity contribution in [2.45, 2.75) is 20.5 Å². The van der Waals surface area contributed by atoms with Gasteiger partial charge in [0.05, 0.1) is 38.3 Å². The average Bonchev–Trinajstić information content (AvgIpc) is 3.14. The number of ether oxygens (including phenoxy) is 3. The van der Waals surface area contributed by atoms with Gasteiger partial charge in [-0.3, -0.25) is 4.79 Å². The maximum Gasteiger partial charge on any atom is 0.283 e. The molecule has 0 saturated carbocycles. The lowest BCUT2D eigenvalue weighted by Gasteiger charge is -2.25. The van der Waals surface area contributed by atoms with E-state index in [1.807, 2.05) is 32.0 Å². The van der Waals surface area contributed by atoms with Crippen LogP contribution in [-0.2, 0) is 16.1 Å². The summed E-state index contributed by atoms with van der Waals surface area (Å²) in [5.41, 5.74) is 5.84. The summed E-state index contributed by atoms with van der Waals surface area (Å²) in [6, 6.07) is 5.71. The molecule has 3 rings (SSSR count). The molecule has 156 valence electrons. The second kappa shape index (κ2) is 9.82. The van der Waals surface area contributed by atoms with Crippen molar-refractivity contribution >= 4 is 28.1 Å². The fraction of sp³-hybridized carbons (Fsp3) is 0.450. The lowest BCUT2D eigenvalue weighted by atomic mass is 10.1. The Morgan fingerprint density at radius 1 is 1.34 bits per heavy atom. The predicted molar refractivity (Wildman–Crippen MR) is 113 cm³/mol. The van der Waals surface area contributed by atoms with Crippen LogP contribution in [0.25, 0.3) is 0 Å². The molecule has 29 heavy (non-hydrogen) atoms. The van der Waals surface area contributed by atoms with E-state index in [4.69, 9.17) is 14.2 Å². The van der Waals surface area contributed by atoms with Gasteiger partial charge in [0, 0.05) is 25.8 Å². The maximum atomic E-state index is 12.6. The molecule has 2 heterocycles. The van der Waals surface area contributed by atoms with Gasteiger partial charge < -0.3 is 19.1 Å². The van der Waals surface area contributed by atoms with Crippen LogP contribution in [0, 0.1) is 6.92 Å². The minimum atomic E-state index is -0.260. The summed E-state index contributed by atoms with van der Waals surface area (Å²) in [6.45, 7) is 7.04. The van der Waals surface area contributed by atoms with Gasteiger partial charge in [-0.15, -0.1) is 0 Å². The minimum Gasteiger partial charge on any atom is -0.496 e. The number of aromatic nitrogens is 1. The zero-order chi connectivity index (χ0) is 20.8. The summed E-state index contributed by atoms with van der Waals surface area (Å²) in [7, 11) is 3.26. The van der Waals surface area contributed by atoms with Crippen LogP contribution in [0.1, 0.15) is 33.4 Å². The third-order valence-electron chi connectivity index (χ3n) is 4.60. The van der Waals surface area contributed by atoms with Crippen molar-refractivity contribution in [3.05, 3.63) is 39.9 Å². The summed E-state index contributed by atoms with van der Waals surface area (Å²) in [5, 5.41) is 5.11. The lowest BCUT2D eigenvalue weighted by Crippen LogP contribution is -2.36. The van der Waals surface area contributed by atoms with E-state index < -0.39 is 0 Å². The van der Waals surface area contributed by atoms with E-state index in [-0.39, 0.29) is 5.91 Å². The smallest absolute Gasteiger partial charge is 0.283 e. The van der Waals surface area contributed by atoms with Gasteiger partial charge in [0.15, 0.2) is 5.13 Å². The summed E-state index contributed by atoms with van der Waals surface area (Å²) < 4.78 is 15.9. The third kappa shape index (κ3) is 5.11. The molecule has 1 aliphatic rings. The minimum absolute atomic E-state index is 0.260. The molecule has 0 atom stereocenters. The number of morpholine rings is 1. The second-order valence-electron chi connectivity index (χ2n) is 6.61. The van der Waals surface area contributed by atoms with Gasteiger partial charge in [-0.25, -0.2) is 10.4 Å². The van der Waals surface area contributed by atoms with Gasteiger partial charge in [-0.2, -0.15) is 5.10 Å². The monoisotopic (exact) mass is 418 g/mol. The number of nitrogens with one attached hydrogen (secondary N) is 1. The van der Waals surface area contributed by atoms with Crippen molar-refractivity contribution in [2.24, 2.45) is 5.10 Å². The molecule has 1 saturated heterocycles. The molecule has 0 spiro atoms. The number of rotatable bonds is 7. The highest BCUT2D eigenvalue weighted by Gasteiger charge is 2.20. The Bertz CT molecular complexity index is 891. The van der Waals surface area contributed by atoms with Crippen LogP contribution in [0.15, 0.2) is 23.3 Å². The number of hydrogen-bond acceptors (Lipinski definition) is 8. The topological polar surface area (TPSA) is 85.3 Å². The molecule has 8 nitrogen and oxygen atoms in total. The van der Waals surface area contributed by atoms with Crippen LogP contribution >= 0.6 is 11.3 Å². The molecule has 0 unspecified atom stereocenters. The Hall–Kier alpha value is -2.49. The largest absolute Gasteiger partial charge is 0.496 e.